The van der Waals surface area contributed by atoms with E-state index >= 15 is 0 Å². The molecule has 7 nitrogen and oxygen atoms in total. The Balaban J connectivity index is 0.00000196. The highest BCUT2D eigenvalue weighted by Gasteiger charge is 2.21. The van der Waals surface area contributed by atoms with Gasteiger partial charge in [0.25, 0.3) is 5.69 Å². The predicted molar refractivity (Wildman–Crippen MR) is 105 cm³/mol. The highest BCUT2D eigenvalue weighted by molar-refractivity contribution is 8.93. The van der Waals surface area contributed by atoms with E-state index in [1.54, 1.807) is 16.8 Å². The van der Waals surface area contributed by atoms with Gasteiger partial charge >= 0.3 is 0 Å². The lowest BCUT2D eigenvalue weighted by Crippen LogP contribution is -2.15. The molecule has 3 aromatic rings. The minimum absolute atomic E-state index is 0. The van der Waals surface area contributed by atoms with Gasteiger partial charge in [-0.2, -0.15) is 9.78 Å². The molecular weight excluding hydrogens is 418 g/mol. The number of hydrogen-bond donors (Lipinski definition) is 0. The molecule has 0 unspecified atom stereocenters. The SMILES string of the molecule is Br.O=[N+]([O-])c1cccc(C2=Nn3c(Cc4ccccc4)nnc3SC2)c1. The molecule has 1 aliphatic rings. The number of nitro groups is 1. The van der Waals surface area contributed by atoms with Crippen molar-refractivity contribution in [3.8, 4) is 0 Å². The maximum absolute atomic E-state index is 11.0. The normalized spacial score (nSPS) is 12.7. The van der Waals surface area contributed by atoms with Crippen molar-refractivity contribution in [2.24, 2.45) is 5.10 Å². The van der Waals surface area contributed by atoms with E-state index in [2.05, 4.69) is 15.3 Å². The summed E-state index contributed by atoms with van der Waals surface area (Å²) in [5.41, 5.74) is 2.70. The molecule has 0 bridgehead atoms. The quantitative estimate of drug-likeness (QED) is 0.464. The molecule has 0 N–H and O–H groups in total. The van der Waals surface area contributed by atoms with Crippen LogP contribution < -0.4 is 0 Å². The van der Waals surface area contributed by atoms with E-state index in [4.69, 9.17) is 0 Å². The standard InChI is InChI=1S/C17H13N5O2S.BrH/c23-22(24)14-8-4-7-13(10-14)15-11-25-17-19-18-16(21(17)20-15)9-12-5-2-1-3-6-12;/h1-8,10H,9,11H2;1H. The molecule has 0 atom stereocenters. The minimum atomic E-state index is -0.398. The van der Waals surface area contributed by atoms with E-state index < -0.39 is 4.92 Å². The van der Waals surface area contributed by atoms with Crippen LogP contribution in [0.25, 0.3) is 0 Å². The second-order valence-corrected chi connectivity index (χ2v) is 6.46. The summed E-state index contributed by atoms with van der Waals surface area (Å²) < 4.78 is 1.73. The molecule has 1 aromatic heterocycles. The fourth-order valence-corrected chi connectivity index (χ4v) is 3.45. The molecule has 26 heavy (non-hydrogen) atoms. The molecule has 132 valence electrons. The van der Waals surface area contributed by atoms with E-state index in [1.165, 1.54) is 17.8 Å². The number of benzene rings is 2. The second-order valence-electron chi connectivity index (χ2n) is 5.52. The van der Waals surface area contributed by atoms with Gasteiger partial charge in [0, 0.05) is 29.9 Å². The smallest absolute Gasteiger partial charge is 0.258 e. The van der Waals surface area contributed by atoms with Crippen molar-refractivity contribution in [3.63, 3.8) is 0 Å². The number of rotatable bonds is 4. The maximum Gasteiger partial charge on any atom is 0.270 e. The van der Waals surface area contributed by atoms with Gasteiger partial charge in [0.2, 0.25) is 5.16 Å². The molecule has 4 rings (SSSR count). The Labute approximate surface area is 164 Å². The monoisotopic (exact) mass is 431 g/mol. The molecule has 9 heteroatoms. The van der Waals surface area contributed by atoms with Crippen LogP contribution in [0.5, 0.6) is 0 Å². The lowest BCUT2D eigenvalue weighted by atomic mass is 10.1. The maximum atomic E-state index is 11.0. The summed E-state index contributed by atoms with van der Waals surface area (Å²) in [6, 6.07) is 16.5. The topological polar surface area (TPSA) is 86.2 Å². The Morgan fingerprint density at radius 3 is 2.69 bits per heavy atom. The molecule has 1 aliphatic heterocycles. The van der Waals surface area contributed by atoms with Crippen LogP contribution in [0.1, 0.15) is 17.0 Å². The van der Waals surface area contributed by atoms with Gasteiger partial charge in [0.1, 0.15) is 0 Å². The van der Waals surface area contributed by atoms with Crippen molar-refractivity contribution in [1.82, 2.24) is 14.9 Å². The number of aromatic nitrogens is 3. The predicted octanol–water partition coefficient (Wildman–Crippen LogP) is 3.71. The van der Waals surface area contributed by atoms with Gasteiger partial charge < -0.3 is 0 Å². The van der Waals surface area contributed by atoms with Crippen molar-refractivity contribution in [2.45, 2.75) is 11.6 Å². The number of nitrogens with zero attached hydrogens (tertiary/aromatic N) is 5. The molecule has 0 aliphatic carbocycles. The van der Waals surface area contributed by atoms with Crippen LogP contribution in [-0.2, 0) is 6.42 Å². The number of thioether (sulfide) groups is 1. The van der Waals surface area contributed by atoms with Crippen molar-refractivity contribution in [3.05, 3.63) is 81.7 Å². The number of non-ortho nitro benzene ring substituents is 1. The van der Waals surface area contributed by atoms with Gasteiger partial charge in [-0.05, 0) is 5.56 Å². The lowest BCUT2D eigenvalue weighted by molar-refractivity contribution is -0.384. The molecule has 2 heterocycles. The van der Waals surface area contributed by atoms with Crippen LogP contribution in [0.3, 0.4) is 0 Å². The van der Waals surface area contributed by atoms with E-state index in [9.17, 15) is 10.1 Å². The summed E-state index contributed by atoms with van der Waals surface area (Å²) in [7, 11) is 0. The zero-order valence-corrected chi connectivity index (χ0v) is 16.0. The molecule has 0 amide bonds. The van der Waals surface area contributed by atoms with Crippen LogP contribution in [0.15, 0.2) is 64.9 Å². The van der Waals surface area contributed by atoms with E-state index in [0.717, 1.165) is 27.8 Å². The first-order valence-corrected chi connectivity index (χ1v) is 8.63. The van der Waals surface area contributed by atoms with Gasteiger partial charge in [0.15, 0.2) is 5.82 Å². The van der Waals surface area contributed by atoms with Gasteiger partial charge in [0.05, 0.1) is 10.6 Å². The van der Waals surface area contributed by atoms with Crippen molar-refractivity contribution >= 4 is 40.1 Å². The zero-order valence-electron chi connectivity index (χ0n) is 13.5. The Morgan fingerprint density at radius 2 is 1.92 bits per heavy atom. The van der Waals surface area contributed by atoms with Gasteiger partial charge in [-0.1, -0.05) is 54.2 Å². The first-order valence-electron chi connectivity index (χ1n) is 7.64. The molecule has 0 radical (unpaired) electrons. The van der Waals surface area contributed by atoms with Crippen LogP contribution in [0.4, 0.5) is 5.69 Å². The summed E-state index contributed by atoms with van der Waals surface area (Å²) >= 11 is 1.53. The van der Waals surface area contributed by atoms with Crippen LogP contribution in [0.2, 0.25) is 0 Å². The number of hydrogen-bond acceptors (Lipinski definition) is 6. The number of halogens is 1. The fourth-order valence-electron chi connectivity index (χ4n) is 2.60. The minimum Gasteiger partial charge on any atom is -0.258 e. The molecule has 0 spiro atoms. The zero-order chi connectivity index (χ0) is 17.2. The molecule has 2 aromatic carbocycles. The second kappa shape index (κ2) is 7.79. The Hall–Kier alpha value is -2.52. The third-order valence-electron chi connectivity index (χ3n) is 3.83. The fraction of sp³-hybridized carbons (Fsp3) is 0.118. The van der Waals surface area contributed by atoms with Crippen molar-refractivity contribution < 1.29 is 4.92 Å². The average Bonchev–Trinajstić information content (AvgIpc) is 3.05. The summed E-state index contributed by atoms with van der Waals surface area (Å²) in [5, 5.41) is 24.8. The highest BCUT2D eigenvalue weighted by Crippen LogP contribution is 2.26. The molecule has 0 fully saturated rings. The first kappa shape index (κ1) is 18.3. The average molecular weight is 432 g/mol. The van der Waals surface area contributed by atoms with E-state index in [1.807, 2.05) is 36.4 Å². The summed E-state index contributed by atoms with van der Waals surface area (Å²) in [4.78, 5) is 10.6. The van der Waals surface area contributed by atoms with Gasteiger partial charge in [-0.15, -0.1) is 27.2 Å². The molecule has 0 saturated heterocycles. The Morgan fingerprint density at radius 1 is 1.12 bits per heavy atom. The van der Waals surface area contributed by atoms with E-state index in [0.29, 0.717) is 12.2 Å². The van der Waals surface area contributed by atoms with Crippen molar-refractivity contribution in [1.29, 1.82) is 0 Å². The first-order chi connectivity index (χ1) is 12.2. The van der Waals surface area contributed by atoms with Gasteiger partial charge in [-0.25, -0.2) is 0 Å². The molecule has 0 saturated carbocycles. The van der Waals surface area contributed by atoms with Crippen LogP contribution >= 0.6 is 28.7 Å². The third kappa shape index (κ3) is 3.68. The number of nitro benzene ring substituents is 1. The van der Waals surface area contributed by atoms with Crippen LogP contribution in [-0.4, -0.2) is 31.3 Å². The third-order valence-corrected chi connectivity index (χ3v) is 4.76. The Kier molecular flexibility index (Phi) is 5.48. The largest absolute Gasteiger partial charge is 0.270 e. The lowest BCUT2D eigenvalue weighted by Gasteiger charge is -2.13. The summed E-state index contributed by atoms with van der Waals surface area (Å²) in [5.74, 6) is 1.35. The highest BCUT2D eigenvalue weighted by atomic mass is 79.9. The summed E-state index contributed by atoms with van der Waals surface area (Å²) in [6.07, 6.45) is 0.625. The Bertz CT molecular complexity index is 974. The van der Waals surface area contributed by atoms with E-state index in [-0.39, 0.29) is 22.7 Å². The van der Waals surface area contributed by atoms with Crippen LogP contribution in [0, 0.1) is 10.1 Å². The van der Waals surface area contributed by atoms with Gasteiger partial charge in [-0.3, -0.25) is 10.1 Å². The summed E-state index contributed by atoms with van der Waals surface area (Å²) in [6.45, 7) is 0. The van der Waals surface area contributed by atoms with Crippen molar-refractivity contribution in [2.75, 3.05) is 5.75 Å². The number of fused-ring (bicyclic) bond motifs is 1. The molecular formula is C17H14BrN5O2S.